The van der Waals surface area contributed by atoms with Gasteiger partial charge in [0.05, 0.1) is 11.3 Å². The van der Waals surface area contributed by atoms with E-state index in [4.69, 9.17) is 4.84 Å². The highest BCUT2D eigenvalue weighted by Crippen LogP contribution is 2.36. The van der Waals surface area contributed by atoms with Crippen LogP contribution in [0.3, 0.4) is 0 Å². The molecular formula is C21H36N2O2S. The molecule has 0 amide bonds. The third-order valence-electron chi connectivity index (χ3n) is 5.21. The molecular weight excluding hydrogens is 344 g/mol. The van der Waals surface area contributed by atoms with Crippen molar-refractivity contribution in [3.63, 3.8) is 0 Å². The molecule has 1 aliphatic heterocycles. The lowest BCUT2D eigenvalue weighted by Crippen LogP contribution is -2.33. The van der Waals surface area contributed by atoms with Gasteiger partial charge in [-0.3, -0.25) is 4.79 Å². The normalized spacial score (nSPS) is 22.9. The third-order valence-corrected chi connectivity index (χ3v) is 6.30. The topological polar surface area (TPSA) is 41.9 Å². The number of rotatable bonds is 10. The molecule has 1 fully saturated rings. The van der Waals surface area contributed by atoms with E-state index in [1.807, 2.05) is 18.7 Å². The highest BCUT2D eigenvalue weighted by molar-refractivity contribution is 7.99. The molecule has 2 aliphatic rings. The maximum atomic E-state index is 13.2. The zero-order chi connectivity index (χ0) is 18.9. The number of carbonyl (C=O) groups excluding carboxylic acids is 1. The lowest BCUT2D eigenvalue weighted by molar-refractivity contribution is -0.116. The van der Waals surface area contributed by atoms with Crippen molar-refractivity contribution in [1.29, 1.82) is 0 Å². The molecule has 1 aliphatic carbocycles. The SMILES string of the molecule is CCC/C(=N\OCC)C1=C(N2CCCC2)CC(CC(C)SCC)CC1=O. The number of oxime groups is 1. The summed E-state index contributed by atoms with van der Waals surface area (Å²) >= 11 is 2.00. The van der Waals surface area contributed by atoms with Crippen LogP contribution in [-0.2, 0) is 9.63 Å². The fourth-order valence-corrected chi connectivity index (χ4v) is 5.14. The van der Waals surface area contributed by atoms with Gasteiger partial charge in [0, 0.05) is 30.5 Å². The summed E-state index contributed by atoms with van der Waals surface area (Å²) in [6.07, 6.45) is 7.04. The number of ketones is 1. The van der Waals surface area contributed by atoms with E-state index in [1.165, 1.54) is 18.5 Å². The number of thioether (sulfide) groups is 1. The summed E-state index contributed by atoms with van der Waals surface area (Å²) in [5.41, 5.74) is 3.01. The Kier molecular flexibility index (Phi) is 9.03. The molecule has 0 aromatic heterocycles. The average molecular weight is 381 g/mol. The van der Waals surface area contributed by atoms with Crippen LogP contribution in [0.15, 0.2) is 16.4 Å². The van der Waals surface area contributed by atoms with Gasteiger partial charge in [-0.1, -0.05) is 32.3 Å². The number of Topliss-reactive ketones (excluding diaryl/α,β-unsaturated/α-hetero) is 1. The van der Waals surface area contributed by atoms with Gasteiger partial charge in [-0.15, -0.1) is 0 Å². The summed E-state index contributed by atoms with van der Waals surface area (Å²) < 4.78 is 0. The zero-order valence-electron chi connectivity index (χ0n) is 17.1. The van der Waals surface area contributed by atoms with Crippen molar-refractivity contribution in [3.05, 3.63) is 11.3 Å². The summed E-state index contributed by atoms with van der Waals surface area (Å²) in [7, 11) is 0. The van der Waals surface area contributed by atoms with Crippen LogP contribution in [0.2, 0.25) is 0 Å². The average Bonchev–Trinajstić information content (AvgIpc) is 3.13. The summed E-state index contributed by atoms with van der Waals surface area (Å²) in [5.74, 6) is 1.89. The monoisotopic (exact) mass is 380 g/mol. The van der Waals surface area contributed by atoms with Gasteiger partial charge in [0.15, 0.2) is 5.78 Å². The van der Waals surface area contributed by atoms with Gasteiger partial charge in [0.2, 0.25) is 0 Å². The van der Waals surface area contributed by atoms with Crippen molar-refractivity contribution in [2.45, 2.75) is 77.9 Å². The van der Waals surface area contributed by atoms with Crippen LogP contribution in [0.4, 0.5) is 0 Å². The van der Waals surface area contributed by atoms with Crippen LogP contribution in [0.1, 0.15) is 72.6 Å². The molecule has 2 unspecified atom stereocenters. The first-order chi connectivity index (χ1) is 12.6. The van der Waals surface area contributed by atoms with Crippen LogP contribution in [0.5, 0.6) is 0 Å². The van der Waals surface area contributed by atoms with Crippen LogP contribution in [0, 0.1) is 5.92 Å². The van der Waals surface area contributed by atoms with Crippen molar-refractivity contribution in [3.8, 4) is 0 Å². The molecule has 148 valence electrons. The minimum Gasteiger partial charge on any atom is -0.396 e. The number of likely N-dealkylation sites (tertiary alicyclic amines) is 1. The lowest BCUT2D eigenvalue weighted by Gasteiger charge is -2.33. The largest absolute Gasteiger partial charge is 0.396 e. The highest BCUT2D eigenvalue weighted by atomic mass is 32.2. The Morgan fingerprint density at radius 2 is 2.00 bits per heavy atom. The molecule has 0 aromatic carbocycles. The predicted octanol–water partition coefficient (Wildman–Crippen LogP) is 5.04. The molecule has 1 saturated heterocycles. The molecule has 2 rings (SSSR count). The highest BCUT2D eigenvalue weighted by Gasteiger charge is 2.34. The summed E-state index contributed by atoms with van der Waals surface area (Å²) in [5, 5.41) is 4.97. The van der Waals surface area contributed by atoms with Crippen molar-refractivity contribution in [2.24, 2.45) is 11.1 Å². The molecule has 1 heterocycles. The van der Waals surface area contributed by atoms with Crippen LogP contribution >= 0.6 is 11.8 Å². The Balaban J connectivity index is 2.30. The molecule has 0 saturated carbocycles. The summed E-state index contributed by atoms with van der Waals surface area (Å²) in [4.78, 5) is 21.0. The van der Waals surface area contributed by atoms with E-state index in [2.05, 4.69) is 30.8 Å². The zero-order valence-corrected chi connectivity index (χ0v) is 17.9. The van der Waals surface area contributed by atoms with Crippen LogP contribution in [-0.4, -0.2) is 47.1 Å². The van der Waals surface area contributed by atoms with Crippen molar-refractivity contribution in [1.82, 2.24) is 4.90 Å². The second-order valence-corrected chi connectivity index (χ2v) is 9.14. The molecule has 2 atom stereocenters. The molecule has 5 heteroatoms. The maximum Gasteiger partial charge on any atom is 0.166 e. The van der Waals surface area contributed by atoms with Gasteiger partial charge in [-0.2, -0.15) is 11.8 Å². The Morgan fingerprint density at radius 1 is 1.27 bits per heavy atom. The van der Waals surface area contributed by atoms with E-state index in [0.717, 1.165) is 55.8 Å². The molecule has 0 spiro atoms. The minimum atomic E-state index is 0.281. The number of nitrogens with zero attached hydrogens (tertiary/aromatic N) is 2. The van der Waals surface area contributed by atoms with Crippen molar-refractivity contribution >= 4 is 23.3 Å². The molecule has 26 heavy (non-hydrogen) atoms. The number of carbonyl (C=O) groups is 1. The Bertz CT molecular complexity index is 524. The number of hydrogen-bond acceptors (Lipinski definition) is 5. The van der Waals surface area contributed by atoms with Crippen molar-refractivity contribution in [2.75, 3.05) is 25.4 Å². The Hall–Kier alpha value is -0.970. The van der Waals surface area contributed by atoms with E-state index < -0.39 is 0 Å². The molecule has 0 aromatic rings. The van der Waals surface area contributed by atoms with Gasteiger partial charge in [0.25, 0.3) is 0 Å². The Morgan fingerprint density at radius 3 is 2.62 bits per heavy atom. The first kappa shape index (κ1) is 21.3. The van der Waals surface area contributed by atoms with E-state index in [1.54, 1.807) is 0 Å². The predicted molar refractivity (Wildman–Crippen MR) is 112 cm³/mol. The van der Waals surface area contributed by atoms with E-state index in [-0.39, 0.29) is 5.78 Å². The smallest absolute Gasteiger partial charge is 0.166 e. The van der Waals surface area contributed by atoms with Crippen molar-refractivity contribution < 1.29 is 9.63 Å². The van der Waals surface area contributed by atoms with Gasteiger partial charge < -0.3 is 9.74 Å². The van der Waals surface area contributed by atoms with E-state index in [0.29, 0.717) is 24.2 Å². The third kappa shape index (κ3) is 5.77. The molecule has 0 bridgehead atoms. The van der Waals surface area contributed by atoms with Gasteiger partial charge >= 0.3 is 0 Å². The molecule has 0 N–H and O–H groups in total. The standard InChI is InChI=1S/C21H36N2O2S/c1-5-10-18(22-25-6-2)21-19(23-11-8-9-12-23)14-17(15-20(21)24)13-16(4)26-7-3/h16-17H,5-15H2,1-4H3/b22-18+. The van der Waals surface area contributed by atoms with Gasteiger partial charge in [-0.25, -0.2) is 0 Å². The first-order valence-corrected chi connectivity index (χ1v) is 11.5. The van der Waals surface area contributed by atoms with E-state index >= 15 is 0 Å². The second kappa shape index (κ2) is 11.0. The second-order valence-electron chi connectivity index (χ2n) is 7.42. The maximum absolute atomic E-state index is 13.2. The van der Waals surface area contributed by atoms with E-state index in [9.17, 15) is 4.79 Å². The fraction of sp³-hybridized carbons (Fsp3) is 0.810. The van der Waals surface area contributed by atoms with Crippen LogP contribution in [0.25, 0.3) is 0 Å². The fourth-order valence-electron chi connectivity index (χ4n) is 4.16. The quantitative estimate of drug-likeness (QED) is 0.393. The van der Waals surface area contributed by atoms with Gasteiger partial charge in [0.1, 0.15) is 6.61 Å². The number of allylic oxidation sites excluding steroid dienone is 2. The molecule has 0 radical (unpaired) electrons. The molecule has 4 nitrogen and oxygen atoms in total. The number of hydrogen-bond donors (Lipinski definition) is 0. The minimum absolute atomic E-state index is 0.281. The van der Waals surface area contributed by atoms with Gasteiger partial charge in [-0.05, 0) is 50.7 Å². The van der Waals surface area contributed by atoms with Crippen LogP contribution < -0.4 is 0 Å². The summed E-state index contributed by atoms with van der Waals surface area (Å²) in [6, 6.07) is 0. The Labute approximate surface area is 163 Å². The summed E-state index contributed by atoms with van der Waals surface area (Å²) in [6.45, 7) is 11.3. The first-order valence-electron chi connectivity index (χ1n) is 10.4. The lowest BCUT2D eigenvalue weighted by atomic mass is 9.81.